The van der Waals surface area contributed by atoms with Crippen LogP contribution in [0, 0.1) is 0 Å². The van der Waals surface area contributed by atoms with Gasteiger partial charge >= 0.3 is 0 Å². The Morgan fingerprint density at radius 3 is 2.74 bits per heavy atom. The fraction of sp³-hybridized carbons (Fsp3) is 0.500. The van der Waals surface area contributed by atoms with E-state index in [1.807, 2.05) is 51.1 Å². The van der Waals surface area contributed by atoms with E-state index in [9.17, 15) is 0 Å². The molecule has 1 saturated heterocycles. The molecule has 19 heavy (non-hydrogen) atoms. The summed E-state index contributed by atoms with van der Waals surface area (Å²) in [5.41, 5.74) is 1.18. The van der Waals surface area contributed by atoms with Gasteiger partial charge in [-0.2, -0.15) is 0 Å². The predicted octanol–water partition coefficient (Wildman–Crippen LogP) is 3.30. The largest absolute Gasteiger partial charge is 0.370 e. The Kier molecular flexibility index (Phi) is 4.75. The fourth-order valence-electron chi connectivity index (χ4n) is 1.95. The summed E-state index contributed by atoms with van der Waals surface area (Å²) in [6.07, 6.45) is 4.13. The summed E-state index contributed by atoms with van der Waals surface area (Å²) < 4.78 is 17.0. The maximum Gasteiger partial charge on any atom is 0.163 e. The Hall–Kier alpha value is -1.16. The maximum atomic E-state index is 5.76. The SMILES string of the molecule is C[C@@H](/C=C/[C@H]1COC(C)(C)O1)OCc1ccccc1. The van der Waals surface area contributed by atoms with Crippen molar-refractivity contribution in [3.8, 4) is 0 Å². The smallest absolute Gasteiger partial charge is 0.163 e. The van der Waals surface area contributed by atoms with Gasteiger partial charge < -0.3 is 14.2 Å². The number of benzene rings is 1. The van der Waals surface area contributed by atoms with Crippen LogP contribution in [0.4, 0.5) is 0 Å². The highest BCUT2D eigenvalue weighted by molar-refractivity contribution is 5.13. The van der Waals surface area contributed by atoms with Gasteiger partial charge in [-0.25, -0.2) is 0 Å². The molecule has 2 atom stereocenters. The van der Waals surface area contributed by atoms with Gasteiger partial charge in [0, 0.05) is 0 Å². The summed E-state index contributed by atoms with van der Waals surface area (Å²) in [5, 5.41) is 0. The number of hydrogen-bond acceptors (Lipinski definition) is 3. The first-order valence-electron chi connectivity index (χ1n) is 6.71. The van der Waals surface area contributed by atoms with E-state index in [2.05, 4.69) is 12.1 Å². The van der Waals surface area contributed by atoms with Crippen molar-refractivity contribution in [3.63, 3.8) is 0 Å². The lowest BCUT2D eigenvalue weighted by atomic mass is 10.2. The van der Waals surface area contributed by atoms with Gasteiger partial charge in [0.05, 0.1) is 19.3 Å². The molecular weight excluding hydrogens is 240 g/mol. The number of rotatable bonds is 5. The molecule has 1 aromatic rings. The van der Waals surface area contributed by atoms with E-state index in [-0.39, 0.29) is 12.2 Å². The fourth-order valence-corrected chi connectivity index (χ4v) is 1.95. The predicted molar refractivity (Wildman–Crippen MR) is 74.7 cm³/mol. The van der Waals surface area contributed by atoms with E-state index in [4.69, 9.17) is 14.2 Å². The third-order valence-electron chi connectivity index (χ3n) is 2.98. The van der Waals surface area contributed by atoms with Crippen molar-refractivity contribution >= 4 is 0 Å². The Morgan fingerprint density at radius 1 is 1.37 bits per heavy atom. The van der Waals surface area contributed by atoms with E-state index >= 15 is 0 Å². The molecule has 0 bridgehead atoms. The molecule has 1 fully saturated rings. The Morgan fingerprint density at radius 2 is 2.11 bits per heavy atom. The minimum absolute atomic E-state index is 0.0257. The zero-order valence-electron chi connectivity index (χ0n) is 11.8. The van der Waals surface area contributed by atoms with Gasteiger partial charge in [-0.05, 0) is 26.3 Å². The maximum absolute atomic E-state index is 5.76. The highest BCUT2D eigenvalue weighted by Crippen LogP contribution is 2.23. The van der Waals surface area contributed by atoms with E-state index in [0.717, 1.165) is 0 Å². The minimum atomic E-state index is -0.469. The molecule has 3 heteroatoms. The molecule has 0 radical (unpaired) electrons. The monoisotopic (exact) mass is 262 g/mol. The van der Waals surface area contributed by atoms with Gasteiger partial charge in [-0.3, -0.25) is 0 Å². The van der Waals surface area contributed by atoms with Gasteiger partial charge in [0.1, 0.15) is 6.10 Å². The van der Waals surface area contributed by atoms with Crippen LogP contribution in [0.3, 0.4) is 0 Å². The van der Waals surface area contributed by atoms with E-state index < -0.39 is 5.79 Å². The van der Waals surface area contributed by atoms with Crippen LogP contribution in [-0.4, -0.2) is 24.6 Å². The lowest BCUT2D eigenvalue weighted by Gasteiger charge is -2.16. The topological polar surface area (TPSA) is 27.7 Å². The molecule has 0 saturated carbocycles. The molecule has 1 aliphatic rings. The second-order valence-electron chi connectivity index (χ2n) is 5.25. The molecule has 0 amide bonds. The molecule has 0 aliphatic carbocycles. The molecule has 0 N–H and O–H groups in total. The van der Waals surface area contributed by atoms with Crippen LogP contribution in [0.25, 0.3) is 0 Å². The highest BCUT2D eigenvalue weighted by Gasteiger charge is 2.30. The summed E-state index contributed by atoms with van der Waals surface area (Å²) in [4.78, 5) is 0. The Labute approximate surface area is 115 Å². The first kappa shape index (κ1) is 14.3. The number of ether oxygens (including phenoxy) is 3. The van der Waals surface area contributed by atoms with Crippen molar-refractivity contribution in [2.45, 2.75) is 45.4 Å². The van der Waals surface area contributed by atoms with Gasteiger partial charge in [0.15, 0.2) is 5.79 Å². The minimum Gasteiger partial charge on any atom is -0.370 e. The van der Waals surface area contributed by atoms with Crippen LogP contribution in [0.5, 0.6) is 0 Å². The van der Waals surface area contributed by atoms with Crippen LogP contribution in [0.2, 0.25) is 0 Å². The summed E-state index contributed by atoms with van der Waals surface area (Å²) in [7, 11) is 0. The molecule has 0 unspecified atom stereocenters. The molecule has 3 nitrogen and oxygen atoms in total. The molecule has 1 heterocycles. The van der Waals surface area contributed by atoms with Crippen molar-refractivity contribution in [3.05, 3.63) is 48.0 Å². The van der Waals surface area contributed by atoms with Gasteiger partial charge in [-0.1, -0.05) is 42.5 Å². The molecule has 0 aromatic heterocycles. The van der Waals surface area contributed by atoms with Crippen molar-refractivity contribution in [1.82, 2.24) is 0 Å². The van der Waals surface area contributed by atoms with Crippen LogP contribution in [0.15, 0.2) is 42.5 Å². The Bertz CT molecular complexity index is 411. The van der Waals surface area contributed by atoms with E-state index in [1.165, 1.54) is 5.56 Å². The van der Waals surface area contributed by atoms with Crippen LogP contribution in [-0.2, 0) is 20.8 Å². The molecule has 2 rings (SSSR count). The average molecular weight is 262 g/mol. The second kappa shape index (κ2) is 6.33. The lowest BCUT2D eigenvalue weighted by Crippen LogP contribution is -2.20. The first-order valence-corrected chi connectivity index (χ1v) is 6.71. The first-order chi connectivity index (χ1) is 9.05. The third kappa shape index (κ3) is 4.78. The standard InChI is InChI=1S/C16H22O3/c1-13(17-11-14-7-5-4-6-8-14)9-10-15-12-18-16(2,3)19-15/h4-10,13,15H,11-12H2,1-3H3/b10-9+/t13-,15-/m0/s1. The molecule has 0 spiro atoms. The van der Waals surface area contributed by atoms with Crippen LogP contribution in [0.1, 0.15) is 26.3 Å². The van der Waals surface area contributed by atoms with E-state index in [1.54, 1.807) is 0 Å². The van der Waals surface area contributed by atoms with Crippen LogP contribution >= 0.6 is 0 Å². The van der Waals surface area contributed by atoms with Gasteiger partial charge in [0.2, 0.25) is 0 Å². The van der Waals surface area contributed by atoms with Gasteiger partial charge in [-0.15, -0.1) is 0 Å². The average Bonchev–Trinajstić information content (AvgIpc) is 2.75. The summed E-state index contributed by atoms with van der Waals surface area (Å²) in [5.74, 6) is -0.469. The van der Waals surface area contributed by atoms with Crippen molar-refractivity contribution in [2.75, 3.05) is 6.61 Å². The summed E-state index contributed by atoms with van der Waals surface area (Å²) in [6.45, 7) is 7.11. The van der Waals surface area contributed by atoms with E-state index in [0.29, 0.717) is 13.2 Å². The summed E-state index contributed by atoms with van der Waals surface area (Å²) in [6, 6.07) is 10.2. The van der Waals surface area contributed by atoms with Crippen molar-refractivity contribution < 1.29 is 14.2 Å². The lowest BCUT2D eigenvalue weighted by molar-refractivity contribution is -0.133. The molecular formula is C16H22O3. The van der Waals surface area contributed by atoms with Crippen LogP contribution < -0.4 is 0 Å². The summed E-state index contributed by atoms with van der Waals surface area (Å²) >= 11 is 0. The van der Waals surface area contributed by atoms with Crippen molar-refractivity contribution in [1.29, 1.82) is 0 Å². The molecule has 1 aromatic carbocycles. The molecule has 1 aliphatic heterocycles. The highest BCUT2D eigenvalue weighted by atomic mass is 16.7. The quantitative estimate of drug-likeness (QED) is 0.762. The zero-order valence-corrected chi connectivity index (χ0v) is 11.8. The van der Waals surface area contributed by atoms with Gasteiger partial charge in [0.25, 0.3) is 0 Å². The second-order valence-corrected chi connectivity index (χ2v) is 5.25. The van der Waals surface area contributed by atoms with Crippen molar-refractivity contribution in [2.24, 2.45) is 0 Å². The zero-order chi connectivity index (χ0) is 13.7. The number of hydrogen-bond donors (Lipinski definition) is 0. The molecule has 104 valence electrons. The Balaban J connectivity index is 1.74. The third-order valence-corrected chi connectivity index (χ3v) is 2.98. The normalized spacial score (nSPS) is 23.8.